The number of urea groups is 1. The second-order valence-corrected chi connectivity index (χ2v) is 9.16. The van der Waals surface area contributed by atoms with Crippen molar-refractivity contribution in [3.63, 3.8) is 0 Å². The first kappa shape index (κ1) is 22.6. The van der Waals surface area contributed by atoms with Gasteiger partial charge in [0.2, 0.25) is 5.95 Å². The van der Waals surface area contributed by atoms with E-state index in [1.807, 2.05) is 6.92 Å². The first-order valence-corrected chi connectivity index (χ1v) is 12.0. The Hall–Kier alpha value is -3.14. The number of hydrogen-bond donors (Lipinski definition) is 2. The van der Waals surface area contributed by atoms with Crippen LogP contribution < -0.4 is 30.3 Å². The molecule has 1 aromatic carbocycles. The van der Waals surface area contributed by atoms with Gasteiger partial charge in [0, 0.05) is 42.0 Å². The molecule has 0 spiro atoms. The Morgan fingerprint density at radius 3 is 2.65 bits per heavy atom. The van der Waals surface area contributed by atoms with Crippen LogP contribution in [0.15, 0.2) is 18.3 Å². The van der Waals surface area contributed by atoms with Crippen molar-refractivity contribution in [2.75, 3.05) is 28.8 Å². The number of ether oxygens (including phenoxy) is 2. The summed E-state index contributed by atoms with van der Waals surface area (Å²) in [5, 5.41) is 3.41. The van der Waals surface area contributed by atoms with Crippen molar-refractivity contribution in [3.8, 4) is 11.5 Å². The summed E-state index contributed by atoms with van der Waals surface area (Å²) in [5.41, 5.74) is 6.90. The first-order valence-electron chi connectivity index (χ1n) is 12.0. The summed E-state index contributed by atoms with van der Waals surface area (Å²) >= 11 is 0. The molecule has 9 nitrogen and oxygen atoms in total. The summed E-state index contributed by atoms with van der Waals surface area (Å²) in [5.74, 6) is 0.975. The number of amides is 2. The van der Waals surface area contributed by atoms with E-state index in [9.17, 15) is 4.79 Å². The van der Waals surface area contributed by atoms with Crippen LogP contribution in [0.25, 0.3) is 0 Å². The Morgan fingerprint density at radius 1 is 1.21 bits per heavy atom. The highest BCUT2D eigenvalue weighted by Gasteiger charge is 2.43. The minimum atomic E-state index is -0.604. The number of aromatic nitrogens is 2. The number of carbonyl (C=O) groups excluding carboxylic acids is 1. The number of halogens is 1. The number of nitrogens with one attached hydrogen (secondary N) is 1. The number of nitrogens with zero attached hydrogens (tertiary/aromatic N) is 4. The van der Waals surface area contributed by atoms with Crippen LogP contribution >= 0.6 is 0 Å². The van der Waals surface area contributed by atoms with Crippen molar-refractivity contribution >= 4 is 23.5 Å². The Kier molecular flexibility index (Phi) is 6.16. The second-order valence-electron chi connectivity index (χ2n) is 9.16. The molecule has 2 aromatic rings. The van der Waals surface area contributed by atoms with Gasteiger partial charge in [0.1, 0.15) is 11.6 Å². The molecule has 2 aliphatic carbocycles. The highest BCUT2D eigenvalue weighted by atomic mass is 19.1. The SMILES string of the molecule is CCOc1cc(OC)c(F)c(N2Cc3cnc(NC4CCC(N)CC4)nc3N(C3CC3)C2=O)c1. The number of rotatable bonds is 7. The average Bonchev–Trinajstić information content (AvgIpc) is 3.66. The van der Waals surface area contributed by atoms with Gasteiger partial charge < -0.3 is 20.5 Å². The molecule has 1 aromatic heterocycles. The van der Waals surface area contributed by atoms with Crippen molar-refractivity contribution in [1.82, 2.24) is 9.97 Å². The third-order valence-electron chi connectivity index (χ3n) is 6.67. The van der Waals surface area contributed by atoms with E-state index in [1.54, 1.807) is 17.2 Å². The molecular formula is C24H31FN6O3. The molecule has 1 aliphatic heterocycles. The molecule has 0 atom stereocenters. The number of nitrogens with two attached hydrogens (primary N) is 1. The molecule has 0 saturated heterocycles. The fourth-order valence-electron chi connectivity index (χ4n) is 4.70. The molecule has 5 rings (SSSR count). The lowest BCUT2D eigenvalue weighted by Crippen LogP contribution is -2.49. The zero-order valence-electron chi connectivity index (χ0n) is 19.6. The third-order valence-corrected chi connectivity index (χ3v) is 6.67. The molecule has 0 unspecified atom stereocenters. The maximum atomic E-state index is 15.3. The van der Waals surface area contributed by atoms with Crippen LogP contribution in [0.2, 0.25) is 0 Å². The normalized spacial score (nSPS) is 22.4. The van der Waals surface area contributed by atoms with Crippen LogP contribution in [0.5, 0.6) is 11.5 Å². The third kappa shape index (κ3) is 4.34. The van der Waals surface area contributed by atoms with Gasteiger partial charge in [0.05, 0.1) is 25.9 Å². The first-order chi connectivity index (χ1) is 16.5. The van der Waals surface area contributed by atoms with E-state index in [-0.39, 0.29) is 42.1 Å². The second kappa shape index (κ2) is 9.25. The lowest BCUT2D eigenvalue weighted by molar-refractivity contribution is 0.249. The number of anilines is 3. The largest absolute Gasteiger partial charge is 0.494 e. The molecule has 3 aliphatic rings. The Labute approximate surface area is 198 Å². The van der Waals surface area contributed by atoms with Gasteiger partial charge in [0.15, 0.2) is 11.6 Å². The molecule has 2 fully saturated rings. The molecule has 2 amide bonds. The molecule has 3 N–H and O–H groups in total. The molecular weight excluding hydrogens is 439 g/mol. The van der Waals surface area contributed by atoms with Gasteiger partial charge >= 0.3 is 6.03 Å². The summed E-state index contributed by atoms with van der Waals surface area (Å²) in [7, 11) is 1.39. The summed E-state index contributed by atoms with van der Waals surface area (Å²) in [4.78, 5) is 26.0. The Balaban J connectivity index is 1.47. The quantitative estimate of drug-likeness (QED) is 0.634. The van der Waals surface area contributed by atoms with Gasteiger partial charge in [-0.15, -0.1) is 0 Å². The van der Waals surface area contributed by atoms with E-state index in [0.717, 1.165) is 44.1 Å². The number of hydrogen-bond acceptors (Lipinski definition) is 7. The molecule has 34 heavy (non-hydrogen) atoms. The highest BCUT2D eigenvalue weighted by molar-refractivity contribution is 6.06. The minimum Gasteiger partial charge on any atom is -0.494 e. The molecule has 10 heteroatoms. The lowest BCUT2D eigenvalue weighted by atomic mass is 9.92. The predicted octanol–water partition coefficient (Wildman–Crippen LogP) is 3.81. The standard InChI is InChI=1S/C24H31FN6O3/c1-3-34-18-10-19(21(25)20(11-18)33-2)30-13-14-12-27-23(28-16-6-4-15(26)5-7-16)29-22(14)31(24(30)32)17-8-9-17/h10-12,15-17H,3-9,13,26H2,1-2H3,(H,27,28,29). The van der Waals surface area contributed by atoms with Gasteiger partial charge in [0.25, 0.3) is 0 Å². The van der Waals surface area contributed by atoms with Crippen molar-refractivity contribution in [3.05, 3.63) is 29.7 Å². The zero-order chi connectivity index (χ0) is 23.8. The number of carbonyl (C=O) groups is 1. The minimum absolute atomic E-state index is 0.0283. The van der Waals surface area contributed by atoms with E-state index in [2.05, 4.69) is 10.3 Å². The predicted molar refractivity (Wildman–Crippen MR) is 127 cm³/mol. The van der Waals surface area contributed by atoms with Crippen molar-refractivity contribution in [2.45, 2.75) is 70.1 Å². The van der Waals surface area contributed by atoms with Crippen LogP contribution in [-0.2, 0) is 6.54 Å². The summed E-state index contributed by atoms with van der Waals surface area (Å²) < 4.78 is 26.1. The summed E-state index contributed by atoms with van der Waals surface area (Å²) in [6, 6.07) is 3.30. The van der Waals surface area contributed by atoms with E-state index >= 15 is 4.39 Å². The molecule has 2 heterocycles. The smallest absolute Gasteiger partial charge is 0.330 e. The molecule has 0 bridgehead atoms. The molecule has 0 radical (unpaired) electrons. The summed E-state index contributed by atoms with van der Waals surface area (Å²) in [6.07, 6.45) is 7.39. The number of methoxy groups -OCH3 is 1. The van der Waals surface area contributed by atoms with Crippen molar-refractivity contribution in [2.24, 2.45) is 5.73 Å². The molecule has 2 saturated carbocycles. The van der Waals surface area contributed by atoms with E-state index in [4.69, 9.17) is 20.2 Å². The van der Waals surface area contributed by atoms with Crippen LogP contribution in [0.4, 0.5) is 26.6 Å². The zero-order valence-corrected chi connectivity index (χ0v) is 19.6. The number of fused-ring (bicyclic) bond motifs is 1. The van der Waals surface area contributed by atoms with Gasteiger partial charge in [-0.3, -0.25) is 9.80 Å². The monoisotopic (exact) mass is 470 g/mol. The van der Waals surface area contributed by atoms with Crippen molar-refractivity contribution < 1.29 is 18.7 Å². The van der Waals surface area contributed by atoms with Gasteiger partial charge in [-0.25, -0.2) is 14.2 Å². The van der Waals surface area contributed by atoms with Crippen molar-refractivity contribution in [1.29, 1.82) is 0 Å². The Morgan fingerprint density at radius 2 is 1.97 bits per heavy atom. The molecule has 182 valence electrons. The fraction of sp³-hybridized carbons (Fsp3) is 0.542. The average molecular weight is 471 g/mol. The Bertz CT molecular complexity index is 1070. The van der Waals surface area contributed by atoms with E-state index < -0.39 is 5.82 Å². The summed E-state index contributed by atoms with van der Waals surface area (Å²) in [6.45, 7) is 2.42. The maximum Gasteiger partial charge on any atom is 0.330 e. The number of benzene rings is 1. The fourth-order valence-corrected chi connectivity index (χ4v) is 4.70. The van der Waals surface area contributed by atoms with Gasteiger partial charge in [-0.05, 0) is 45.4 Å². The van der Waals surface area contributed by atoms with Crippen LogP contribution in [-0.4, -0.2) is 47.8 Å². The van der Waals surface area contributed by atoms with Crippen LogP contribution in [0, 0.1) is 5.82 Å². The van der Waals surface area contributed by atoms with E-state index in [0.29, 0.717) is 24.1 Å². The highest BCUT2D eigenvalue weighted by Crippen LogP contribution is 2.41. The van der Waals surface area contributed by atoms with Gasteiger partial charge in [-0.1, -0.05) is 0 Å². The van der Waals surface area contributed by atoms with Crippen LogP contribution in [0.1, 0.15) is 51.0 Å². The van der Waals surface area contributed by atoms with Crippen LogP contribution in [0.3, 0.4) is 0 Å². The topological polar surface area (TPSA) is 106 Å². The van der Waals surface area contributed by atoms with Gasteiger partial charge in [-0.2, -0.15) is 4.98 Å². The van der Waals surface area contributed by atoms with E-state index in [1.165, 1.54) is 18.1 Å². The maximum absolute atomic E-state index is 15.3. The lowest BCUT2D eigenvalue weighted by Gasteiger charge is -2.36.